The molecule has 0 unspecified atom stereocenters. The molecule has 1 aliphatic rings. The number of rotatable bonds is 4. The molecule has 4 nitrogen and oxygen atoms in total. The first-order valence-electron chi connectivity index (χ1n) is 5.40. The van der Waals surface area contributed by atoms with Gasteiger partial charge in [0.15, 0.2) is 0 Å². The Morgan fingerprint density at radius 2 is 2.05 bits per heavy atom. The summed E-state index contributed by atoms with van der Waals surface area (Å²) in [6.45, 7) is 0.328. The Labute approximate surface area is 128 Å². The summed E-state index contributed by atoms with van der Waals surface area (Å²) in [5, 5.41) is 0.108. The van der Waals surface area contributed by atoms with E-state index in [9.17, 15) is 13.2 Å². The van der Waals surface area contributed by atoms with Crippen LogP contribution in [0.1, 0.15) is 23.2 Å². The maximum atomic E-state index is 11.8. The van der Waals surface area contributed by atoms with E-state index in [1.165, 1.54) is 6.07 Å². The van der Waals surface area contributed by atoms with E-state index in [2.05, 4.69) is 15.9 Å². The Morgan fingerprint density at radius 1 is 1.42 bits per heavy atom. The van der Waals surface area contributed by atoms with E-state index in [0.29, 0.717) is 12.5 Å². The van der Waals surface area contributed by atoms with Gasteiger partial charge in [-0.05, 0) is 46.8 Å². The van der Waals surface area contributed by atoms with Gasteiger partial charge in [0.05, 0.1) is 22.1 Å². The van der Waals surface area contributed by atoms with Crippen LogP contribution in [0.4, 0.5) is 0 Å². The Kier molecular flexibility index (Phi) is 4.45. The topological polar surface area (TPSA) is 60.4 Å². The molecule has 0 aromatic heterocycles. The zero-order valence-electron chi connectivity index (χ0n) is 9.53. The monoisotopic (exact) mass is 386 g/mol. The molecule has 0 aliphatic heterocycles. The summed E-state index contributed by atoms with van der Waals surface area (Å²) in [6.07, 6.45) is 2.09. The Bertz CT molecular complexity index is 626. The van der Waals surface area contributed by atoms with E-state index < -0.39 is 15.0 Å². The normalized spacial score (nSPS) is 15.3. The lowest BCUT2D eigenvalue weighted by Crippen LogP contribution is -2.09. The maximum Gasteiger partial charge on any atom is 0.339 e. The molecule has 0 radical (unpaired) electrons. The van der Waals surface area contributed by atoms with Gasteiger partial charge in [0, 0.05) is 15.2 Å². The SMILES string of the molecule is O=C(OCC1CC1)c1cc(S(=O)(=O)Cl)c(Br)cc1Cl. The van der Waals surface area contributed by atoms with Crippen molar-refractivity contribution in [1.29, 1.82) is 0 Å². The van der Waals surface area contributed by atoms with Gasteiger partial charge in [0.25, 0.3) is 9.05 Å². The molecule has 0 amide bonds. The summed E-state index contributed by atoms with van der Waals surface area (Å²) in [4.78, 5) is 11.6. The third-order valence-electron chi connectivity index (χ3n) is 2.65. The predicted molar refractivity (Wildman–Crippen MR) is 75.2 cm³/mol. The lowest BCUT2D eigenvalue weighted by atomic mass is 10.2. The molecule has 104 valence electrons. The van der Waals surface area contributed by atoms with Gasteiger partial charge in [-0.1, -0.05) is 11.6 Å². The summed E-state index contributed by atoms with van der Waals surface area (Å²) in [7, 11) is 1.31. The number of halogens is 3. The fourth-order valence-electron chi connectivity index (χ4n) is 1.43. The largest absolute Gasteiger partial charge is 0.462 e. The number of ether oxygens (including phenoxy) is 1. The summed E-state index contributed by atoms with van der Waals surface area (Å²) in [5.41, 5.74) is -0.00950. The van der Waals surface area contributed by atoms with Crippen LogP contribution in [0.25, 0.3) is 0 Å². The van der Waals surface area contributed by atoms with Crippen molar-refractivity contribution in [1.82, 2.24) is 0 Å². The second-order valence-electron chi connectivity index (χ2n) is 4.24. The number of hydrogen-bond acceptors (Lipinski definition) is 4. The van der Waals surface area contributed by atoms with E-state index in [-0.39, 0.29) is 20.0 Å². The van der Waals surface area contributed by atoms with E-state index in [4.69, 9.17) is 27.0 Å². The van der Waals surface area contributed by atoms with Crippen molar-refractivity contribution in [2.24, 2.45) is 5.92 Å². The highest BCUT2D eigenvalue weighted by molar-refractivity contribution is 9.10. The van der Waals surface area contributed by atoms with Crippen molar-refractivity contribution in [3.05, 3.63) is 27.2 Å². The summed E-state index contributed by atoms with van der Waals surface area (Å²) < 4.78 is 28.0. The third-order valence-corrected chi connectivity index (χ3v) is 5.24. The smallest absolute Gasteiger partial charge is 0.339 e. The standard InChI is InChI=1S/C11H9BrCl2O4S/c12-8-4-9(13)7(3-10(8)19(14,16)17)11(15)18-5-6-1-2-6/h3-4,6H,1-2,5H2. The number of carbonyl (C=O) groups excluding carboxylic acids is 1. The van der Waals surface area contributed by atoms with E-state index >= 15 is 0 Å². The van der Waals surface area contributed by atoms with Gasteiger partial charge in [-0.3, -0.25) is 0 Å². The minimum Gasteiger partial charge on any atom is -0.462 e. The van der Waals surface area contributed by atoms with Gasteiger partial charge < -0.3 is 4.74 Å². The van der Waals surface area contributed by atoms with Gasteiger partial charge in [-0.15, -0.1) is 0 Å². The third kappa shape index (κ3) is 3.84. The lowest BCUT2D eigenvalue weighted by molar-refractivity contribution is 0.0486. The summed E-state index contributed by atoms with van der Waals surface area (Å²) >= 11 is 8.95. The summed E-state index contributed by atoms with van der Waals surface area (Å²) in [5.74, 6) is -0.236. The van der Waals surface area contributed by atoms with Crippen molar-refractivity contribution in [3.8, 4) is 0 Å². The minimum atomic E-state index is -3.97. The summed E-state index contributed by atoms with van der Waals surface area (Å²) in [6, 6.07) is 2.43. The molecule has 1 fully saturated rings. The van der Waals surface area contributed by atoms with E-state index in [1.807, 2.05) is 0 Å². The highest BCUT2D eigenvalue weighted by atomic mass is 79.9. The number of carbonyl (C=O) groups is 1. The van der Waals surface area contributed by atoms with Crippen LogP contribution in [0.15, 0.2) is 21.5 Å². The van der Waals surface area contributed by atoms with Gasteiger partial charge in [0.1, 0.15) is 0 Å². The highest BCUT2D eigenvalue weighted by Crippen LogP contribution is 2.32. The van der Waals surface area contributed by atoms with E-state index in [1.54, 1.807) is 0 Å². The average Bonchev–Trinajstić information content (AvgIpc) is 3.07. The predicted octanol–water partition coefficient (Wildman–Crippen LogP) is 3.60. The van der Waals surface area contributed by atoms with Crippen LogP contribution in [0.2, 0.25) is 5.02 Å². The molecular weight excluding hydrogens is 379 g/mol. The first-order chi connectivity index (χ1) is 8.79. The van der Waals surface area contributed by atoms with Crippen molar-refractivity contribution in [3.63, 3.8) is 0 Å². The van der Waals surface area contributed by atoms with Crippen LogP contribution in [0.5, 0.6) is 0 Å². The molecule has 2 rings (SSSR count). The first kappa shape index (κ1) is 15.1. The fourth-order valence-corrected chi connectivity index (χ4v) is 4.00. The molecule has 0 N–H and O–H groups in total. The van der Waals surface area contributed by atoms with Crippen LogP contribution in [-0.4, -0.2) is 21.0 Å². The molecule has 1 aromatic carbocycles. The molecule has 1 saturated carbocycles. The molecule has 0 saturated heterocycles. The lowest BCUT2D eigenvalue weighted by Gasteiger charge is -2.08. The van der Waals surface area contributed by atoms with Crippen molar-refractivity contribution in [2.45, 2.75) is 17.7 Å². The molecule has 8 heteroatoms. The van der Waals surface area contributed by atoms with Crippen LogP contribution in [0.3, 0.4) is 0 Å². The zero-order chi connectivity index (χ0) is 14.2. The molecule has 0 spiro atoms. The van der Waals surface area contributed by atoms with Crippen LogP contribution in [0, 0.1) is 5.92 Å². The zero-order valence-corrected chi connectivity index (χ0v) is 13.4. The maximum absolute atomic E-state index is 11.8. The van der Waals surface area contributed by atoms with Crippen LogP contribution in [-0.2, 0) is 13.8 Å². The number of hydrogen-bond donors (Lipinski definition) is 0. The Morgan fingerprint density at radius 3 is 2.58 bits per heavy atom. The van der Waals surface area contributed by atoms with Crippen LogP contribution >= 0.6 is 38.2 Å². The van der Waals surface area contributed by atoms with Crippen molar-refractivity contribution >= 4 is 53.2 Å². The Balaban J connectivity index is 2.30. The fraction of sp³-hybridized carbons (Fsp3) is 0.364. The van der Waals surface area contributed by atoms with Gasteiger partial charge >= 0.3 is 5.97 Å². The number of benzene rings is 1. The van der Waals surface area contributed by atoms with E-state index in [0.717, 1.165) is 18.9 Å². The average molecular weight is 388 g/mol. The van der Waals surface area contributed by atoms with Crippen molar-refractivity contribution in [2.75, 3.05) is 6.61 Å². The number of esters is 1. The second-order valence-corrected chi connectivity index (χ2v) is 8.04. The molecular formula is C11H9BrCl2O4S. The second kappa shape index (κ2) is 5.60. The highest BCUT2D eigenvalue weighted by Gasteiger charge is 2.25. The molecule has 1 aliphatic carbocycles. The molecule has 1 aromatic rings. The first-order valence-corrected chi connectivity index (χ1v) is 8.88. The molecule has 0 atom stereocenters. The Hall–Kier alpha value is -0.300. The van der Waals surface area contributed by atoms with Crippen molar-refractivity contribution < 1.29 is 17.9 Å². The minimum absolute atomic E-state index is 0.00950. The van der Waals surface area contributed by atoms with Crippen LogP contribution < -0.4 is 0 Å². The van der Waals surface area contributed by atoms with Gasteiger partial charge in [-0.2, -0.15) is 0 Å². The van der Waals surface area contributed by atoms with Gasteiger partial charge in [0.2, 0.25) is 0 Å². The molecule has 19 heavy (non-hydrogen) atoms. The quantitative estimate of drug-likeness (QED) is 0.585. The van der Waals surface area contributed by atoms with Gasteiger partial charge in [-0.25, -0.2) is 13.2 Å². The molecule has 0 bridgehead atoms. The molecule has 0 heterocycles.